The second kappa shape index (κ2) is 3.80. The van der Waals surface area contributed by atoms with Crippen molar-refractivity contribution in [1.29, 1.82) is 0 Å². The Hall–Kier alpha value is -0.900. The van der Waals surface area contributed by atoms with E-state index in [-0.39, 0.29) is 11.7 Å². The maximum atomic E-state index is 14.0. The molecule has 1 aromatic carbocycles. The molecule has 1 aliphatic heterocycles. The van der Waals surface area contributed by atoms with E-state index in [9.17, 15) is 9.18 Å². The molecule has 0 radical (unpaired) electrons. The van der Waals surface area contributed by atoms with Crippen molar-refractivity contribution in [3.8, 4) is 0 Å². The maximum absolute atomic E-state index is 14.0. The van der Waals surface area contributed by atoms with Crippen LogP contribution in [0.4, 0.5) is 4.39 Å². The Morgan fingerprint density at radius 3 is 2.53 bits per heavy atom. The van der Waals surface area contributed by atoms with Gasteiger partial charge in [0.2, 0.25) is 5.91 Å². The first-order chi connectivity index (χ1) is 7.76. The van der Waals surface area contributed by atoms with E-state index >= 15 is 0 Å². The summed E-state index contributed by atoms with van der Waals surface area (Å²) in [4.78, 5) is 11.6. The first-order valence-electron chi connectivity index (χ1n) is 5.53. The Kier molecular flexibility index (Phi) is 2.81. The summed E-state index contributed by atoms with van der Waals surface area (Å²) < 4.78 is 14.8. The molecule has 1 fully saturated rings. The SMILES string of the molecule is CC1(C)NC(=O)CC1(C)c1cc(Br)ccc1F. The Morgan fingerprint density at radius 2 is 2.00 bits per heavy atom. The Bertz CT molecular complexity index is 486. The molecule has 1 unspecified atom stereocenters. The largest absolute Gasteiger partial charge is 0.350 e. The third-order valence-electron chi connectivity index (χ3n) is 3.87. The van der Waals surface area contributed by atoms with Crippen LogP contribution in [-0.2, 0) is 10.2 Å². The van der Waals surface area contributed by atoms with Crippen LogP contribution in [0, 0.1) is 5.82 Å². The zero-order valence-electron chi connectivity index (χ0n) is 10.1. The summed E-state index contributed by atoms with van der Waals surface area (Å²) in [6.07, 6.45) is 0.313. The van der Waals surface area contributed by atoms with Crippen LogP contribution < -0.4 is 5.32 Å². The lowest BCUT2D eigenvalue weighted by atomic mass is 9.69. The first-order valence-corrected chi connectivity index (χ1v) is 6.32. The topological polar surface area (TPSA) is 29.1 Å². The van der Waals surface area contributed by atoms with Crippen LogP contribution in [-0.4, -0.2) is 11.4 Å². The summed E-state index contributed by atoms with van der Waals surface area (Å²) >= 11 is 3.35. The first kappa shape index (κ1) is 12.6. The standard InChI is InChI=1S/C13H15BrFNO/c1-12(2)13(3,7-11(17)16-12)9-6-8(14)4-5-10(9)15/h4-6H,7H2,1-3H3,(H,16,17). The molecular formula is C13H15BrFNO. The molecular weight excluding hydrogens is 285 g/mol. The van der Waals surface area contributed by atoms with Crippen molar-refractivity contribution in [2.24, 2.45) is 0 Å². The molecule has 2 rings (SSSR count). The van der Waals surface area contributed by atoms with E-state index in [1.165, 1.54) is 6.07 Å². The molecule has 92 valence electrons. The van der Waals surface area contributed by atoms with Gasteiger partial charge in [-0.2, -0.15) is 0 Å². The molecule has 17 heavy (non-hydrogen) atoms. The highest BCUT2D eigenvalue weighted by Gasteiger charge is 2.51. The second-order valence-electron chi connectivity index (χ2n) is 5.31. The molecule has 1 N–H and O–H groups in total. The summed E-state index contributed by atoms with van der Waals surface area (Å²) in [5.74, 6) is -0.294. The molecule has 1 aromatic rings. The molecule has 1 atom stereocenters. The van der Waals surface area contributed by atoms with Crippen molar-refractivity contribution in [2.45, 2.75) is 38.1 Å². The van der Waals surface area contributed by atoms with Crippen LogP contribution >= 0.6 is 15.9 Å². The number of carbonyl (C=O) groups is 1. The molecule has 1 amide bonds. The van der Waals surface area contributed by atoms with E-state index in [4.69, 9.17) is 0 Å². The van der Waals surface area contributed by atoms with Gasteiger partial charge >= 0.3 is 0 Å². The van der Waals surface area contributed by atoms with Gasteiger partial charge in [0.25, 0.3) is 0 Å². The van der Waals surface area contributed by atoms with E-state index in [0.717, 1.165) is 4.47 Å². The second-order valence-corrected chi connectivity index (χ2v) is 6.22. The fourth-order valence-corrected chi connectivity index (χ4v) is 2.79. The molecule has 0 bridgehead atoms. The van der Waals surface area contributed by atoms with Gasteiger partial charge in [0.15, 0.2) is 0 Å². The zero-order valence-corrected chi connectivity index (χ0v) is 11.7. The zero-order chi connectivity index (χ0) is 12.8. The summed E-state index contributed by atoms with van der Waals surface area (Å²) in [5, 5.41) is 2.91. The number of hydrogen-bond donors (Lipinski definition) is 1. The number of halogens is 2. The summed E-state index contributed by atoms with van der Waals surface area (Å²) in [6.45, 7) is 5.78. The van der Waals surface area contributed by atoms with Gasteiger partial charge in [0.05, 0.1) is 0 Å². The number of benzene rings is 1. The van der Waals surface area contributed by atoms with Crippen LogP contribution in [0.5, 0.6) is 0 Å². The average molecular weight is 300 g/mol. The van der Waals surface area contributed by atoms with Gasteiger partial charge < -0.3 is 5.32 Å². The highest BCUT2D eigenvalue weighted by Crippen LogP contribution is 2.44. The Balaban J connectivity index is 2.58. The minimum absolute atomic E-state index is 0.0307. The third kappa shape index (κ3) is 1.88. The molecule has 1 saturated heterocycles. The molecule has 0 aromatic heterocycles. The molecule has 4 heteroatoms. The molecule has 1 heterocycles. The predicted octanol–water partition coefficient (Wildman–Crippen LogP) is 3.14. The quantitative estimate of drug-likeness (QED) is 0.848. The fourth-order valence-electron chi connectivity index (χ4n) is 2.43. The van der Waals surface area contributed by atoms with Crippen molar-refractivity contribution in [2.75, 3.05) is 0 Å². The normalized spacial score (nSPS) is 27.0. The van der Waals surface area contributed by atoms with E-state index in [1.54, 1.807) is 12.1 Å². The van der Waals surface area contributed by atoms with E-state index in [0.29, 0.717) is 12.0 Å². The number of hydrogen-bond acceptors (Lipinski definition) is 1. The minimum Gasteiger partial charge on any atom is -0.350 e. The van der Waals surface area contributed by atoms with E-state index in [1.807, 2.05) is 20.8 Å². The van der Waals surface area contributed by atoms with Gasteiger partial charge in [0, 0.05) is 21.8 Å². The summed E-state index contributed by atoms with van der Waals surface area (Å²) in [7, 11) is 0. The molecule has 0 aliphatic carbocycles. The van der Waals surface area contributed by atoms with Gasteiger partial charge in [-0.15, -0.1) is 0 Å². The van der Waals surface area contributed by atoms with Gasteiger partial charge in [-0.1, -0.05) is 22.9 Å². The lowest BCUT2D eigenvalue weighted by Gasteiger charge is -2.37. The number of nitrogens with one attached hydrogen (secondary N) is 1. The Morgan fingerprint density at radius 1 is 1.35 bits per heavy atom. The maximum Gasteiger partial charge on any atom is 0.221 e. The molecule has 0 saturated carbocycles. The van der Waals surface area contributed by atoms with Crippen LogP contribution in [0.15, 0.2) is 22.7 Å². The monoisotopic (exact) mass is 299 g/mol. The van der Waals surface area contributed by atoms with Gasteiger partial charge in [0.1, 0.15) is 5.82 Å². The molecule has 1 aliphatic rings. The van der Waals surface area contributed by atoms with Crippen molar-refractivity contribution < 1.29 is 9.18 Å². The van der Waals surface area contributed by atoms with Crippen molar-refractivity contribution in [1.82, 2.24) is 5.32 Å². The van der Waals surface area contributed by atoms with E-state index in [2.05, 4.69) is 21.2 Å². The van der Waals surface area contributed by atoms with Crippen LogP contribution in [0.2, 0.25) is 0 Å². The smallest absolute Gasteiger partial charge is 0.221 e. The van der Waals surface area contributed by atoms with Crippen LogP contribution in [0.3, 0.4) is 0 Å². The summed E-state index contributed by atoms with van der Waals surface area (Å²) in [5.41, 5.74) is -0.404. The Labute approximate surface area is 109 Å². The molecule has 0 spiro atoms. The number of carbonyl (C=O) groups excluding carboxylic acids is 1. The predicted molar refractivity (Wildman–Crippen MR) is 68.3 cm³/mol. The third-order valence-corrected chi connectivity index (χ3v) is 4.36. The summed E-state index contributed by atoms with van der Waals surface area (Å²) in [6, 6.07) is 4.86. The lowest BCUT2D eigenvalue weighted by molar-refractivity contribution is -0.119. The number of amides is 1. The van der Waals surface area contributed by atoms with Crippen LogP contribution in [0.1, 0.15) is 32.8 Å². The number of rotatable bonds is 1. The van der Waals surface area contributed by atoms with Crippen molar-refractivity contribution >= 4 is 21.8 Å². The fraction of sp³-hybridized carbons (Fsp3) is 0.462. The lowest BCUT2D eigenvalue weighted by Crippen LogP contribution is -2.48. The van der Waals surface area contributed by atoms with Gasteiger partial charge in [-0.3, -0.25) is 4.79 Å². The highest BCUT2D eigenvalue weighted by molar-refractivity contribution is 9.10. The van der Waals surface area contributed by atoms with Crippen molar-refractivity contribution in [3.05, 3.63) is 34.1 Å². The minimum atomic E-state index is -0.530. The average Bonchev–Trinajstić information content (AvgIpc) is 2.40. The van der Waals surface area contributed by atoms with Gasteiger partial charge in [-0.05, 0) is 37.6 Å². The van der Waals surface area contributed by atoms with Crippen LogP contribution in [0.25, 0.3) is 0 Å². The van der Waals surface area contributed by atoms with Crippen molar-refractivity contribution in [3.63, 3.8) is 0 Å². The van der Waals surface area contributed by atoms with E-state index < -0.39 is 11.0 Å². The molecule has 2 nitrogen and oxygen atoms in total. The highest BCUT2D eigenvalue weighted by atomic mass is 79.9. The van der Waals surface area contributed by atoms with Gasteiger partial charge in [-0.25, -0.2) is 4.39 Å².